The fraction of sp³-hybridized carbons (Fsp3) is 0.150. The molecule has 1 N–H and O–H groups in total. The number of ether oxygens (including phenoxy) is 2. The van der Waals surface area contributed by atoms with Crippen LogP contribution in [0.15, 0.2) is 48.7 Å². The predicted molar refractivity (Wildman–Crippen MR) is 138 cm³/mol. The van der Waals surface area contributed by atoms with Crippen LogP contribution < -0.4 is 14.8 Å². The molecular weight excluding hydrogens is 636 g/mol. The number of rotatable bonds is 6. The maximum atomic E-state index is 12.9. The molecule has 0 saturated carbocycles. The van der Waals surface area contributed by atoms with Crippen molar-refractivity contribution in [3.05, 3.63) is 54.2 Å². The Morgan fingerprint density at radius 3 is 2.39 bits per heavy atom. The summed E-state index contributed by atoms with van der Waals surface area (Å²) in [5, 5.41) is 2.80. The predicted octanol–water partition coefficient (Wildman–Crippen LogP) is 5.83. The molecule has 0 aliphatic carbocycles. The molecule has 1 fully saturated rings. The van der Waals surface area contributed by atoms with E-state index in [1.807, 2.05) is 18.2 Å². The molecule has 3 rings (SSSR count). The van der Waals surface area contributed by atoms with Gasteiger partial charge in [0.15, 0.2) is 11.5 Å². The van der Waals surface area contributed by atoms with Gasteiger partial charge in [0.2, 0.25) is 5.91 Å². The van der Waals surface area contributed by atoms with Crippen LogP contribution in [-0.2, 0) is 9.59 Å². The molecule has 0 spiro atoms. The lowest BCUT2D eigenvalue weighted by molar-refractivity contribution is -0.126. The zero-order chi connectivity index (χ0) is 22.7. The number of nitrogens with one attached hydrogen (secondary N) is 1. The number of amides is 2. The molecule has 6 nitrogen and oxygen atoms in total. The molecule has 2 aromatic rings. The summed E-state index contributed by atoms with van der Waals surface area (Å²) in [5.41, 5.74) is 1.32. The Hall–Kier alpha value is -1.40. The van der Waals surface area contributed by atoms with Crippen molar-refractivity contribution < 1.29 is 19.1 Å². The second-order valence-electron chi connectivity index (χ2n) is 6.17. The number of hydrogen-bond acceptors (Lipinski definition) is 6. The van der Waals surface area contributed by atoms with E-state index in [9.17, 15) is 9.59 Å². The number of nitrogens with zero attached hydrogens (tertiary/aromatic N) is 1. The fourth-order valence-corrected chi connectivity index (χ4v) is 6.43. The first-order valence-corrected chi connectivity index (χ1v) is 12.3. The lowest BCUT2D eigenvalue weighted by Crippen LogP contribution is -2.36. The highest BCUT2D eigenvalue weighted by atomic mass is 79.9. The minimum atomic E-state index is -0.368. The van der Waals surface area contributed by atoms with E-state index >= 15 is 0 Å². The first-order valence-electron chi connectivity index (χ1n) is 8.65. The molecule has 0 aromatic heterocycles. The Labute approximate surface area is 214 Å². The van der Waals surface area contributed by atoms with Gasteiger partial charge in [0.05, 0.1) is 24.8 Å². The highest BCUT2D eigenvalue weighted by molar-refractivity contribution is 9.11. The number of methoxy groups -OCH3 is 2. The molecular formula is C20H15Br3N2O4S2. The first-order chi connectivity index (χ1) is 14.7. The molecule has 1 heterocycles. The van der Waals surface area contributed by atoms with Gasteiger partial charge < -0.3 is 14.8 Å². The van der Waals surface area contributed by atoms with E-state index in [-0.39, 0.29) is 18.4 Å². The molecule has 1 aliphatic heterocycles. The fourth-order valence-electron chi connectivity index (χ4n) is 2.71. The van der Waals surface area contributed by atoms with Crippen molar-refractivity contribution in [1.82, 2.24) is 4.90 Å². The van der Waals surface area contributed by atoms with Gasteiger partial charge in [0, 0.05) is 13.4 Å². The van der Waals surface area contributed by atoms with E-state index < -0.39 is 0 Å². The van der Waals surface area contributed by atoms with Gasteiger partial charge in [0.1, 0.15) is 10.9 Å². The average molecular weight is 651 g/mol. The second kappa shape index (κ2) is 10.5. The van der Waals surface area contributed by atoms with E-state index in [1.54, 1.807) is 32.4 Å². The zero-order valence-corrected chi connectivity index (χ0v) is 22.6. The number of thioether (sulfide) groups is 1. The van der Waals surface area contributed by atoms with Crippen LogP contribution in [0.5, 0.6) is 11.5 Å². The van der Waals surface area contributed by atoms with E-state index in [0.29, 0.717) is 35.4 Å². The summed E-state index contributed by atoms with van der Waals surface area (Å²) in [5.74, 6) is 0.451. The van der Waals surface area contributed by atoms with Crippen molar-refractivity contribution in [3.63, 3.8) is 0 Å². The number of benzene rings is 2. The standard InChI is InChI=1S/C20H15Br3N2O4S2/c1-28-14-4-3-10(5-15(14)29-2)6-16-19(27)25(20(30)31-16)9-17(26)24-18-12(22)7-11(21)8-13(18)23/h3-8H,9H2,1-2H3,(H,24,26)/b16-6-. The zero-order valence-electron chi connectivity index (χ0n) is 16.2. The Morgan fingerprint density at radius 2 is 1.77 bits per heavy atom. The Morgan fingerprint density at radius 1 is 1.13 bits per heavy atom. The smallest absolute Gasteiger partial charge is 0.266 e. The van der Waals surface area contributed by atoms with Crippen LogP contribution >= 0.6 is 71.8 Å². The second-order valence-corrected chi connectivity index (χ2v) is 10.5. The number of carbonyl (C=O) groups is 2. The third-order valence-electron chi connectivity index (χ3n) is 4.15. The summed E-state index contributed by atoms with van der Waals surface area (Å²) >= 11 is 16.7. The Bertz CT molecular complexity index is 1080. The van der Waals surface area contributed by atoms with Crippen LogP contribution in [0.2, 0.25) is 0 Å². The van der Waals surface area contributed by atoms with Crippen molar-refractivity contribution in [2.75, 3.05) is 26.1 Å². The maximum Gasteiger partial charge on any atom is 0.266 e. The van der Waals surface area contributed by atoms with Gasteiger partial charge in [-0.3, -0.25) is 14.5 Å². The summed E-state index contributed by atoms with van der Waals surface area (Å²) in [6.07, 6.45) is 1.71. The summed E-state index contributed by atoms with van der Waals surface area (Å²) in [4.78, 5) is 27.2. The summed E-state index contributed by atoms with van der Waals surface area (Å²) < 4.78 is 13.1. The molecule has 2 amide bonds. The number of carbonyl (C=O) groups excluding carboxylic acids is 2. The molecule has 0 radical (unpaired) electrons. The SMILES string of the molecule is COc1ccc(/C=C2\SC(=S)N(CC(=O)Nc3c(Br)cc(Br)cc3Br)C2=O)cc1OC. The summed E-state index contributed by atoms with van der Waals surface area (Å²) in [6, 6.07) is 8.95. The molecule has 2 aromatic carbocycles. The molecule has 1 aliphatic rings. The Balaban J connectivity index is 1.75. The van der Waals surface area contributed by atoms with Crippen molar-refractivity contribution >= 4 is 99.7 Å². The molecule has 0 bridgehead atoms. The van der Waals surface area contributed by atoms with Crippen LogP contribution in [-0.4, -0.2) is 41.8 Å². The molecule has 31 heavy (non-hydrogen) atoms. The molecule has 162 valence electrons. The van der Waals surface area contributed by atoms with Gasteiger partial charge >= 0.3 is 0 Å². The van der Waals surface area contributed by atoms with Crippen LogP contribution in [0.25, 0.3) is 6.08 Å². The highest BCUT2D eigenvalue weighted by Crippen LogP contribution is 2.36. The van der Waals surface area contributed by atoms with Crippen molar-refractivity contribution in [2.24, 2.45) is 0 Å². The third kappa shape index (κ3) is 5.70. The number of thiocarbonyl (C=S) groups is 1. The van der Waals surface area contributed by atoms with E-state index in [4.69, 9.17) is 21.7 Å². The van der Waals surface area contributed by atoms with Gasteiger partial charge in [-0.05, 0) is 67.8 Å². The number of anilines is 1. The van der Waals surface area contributed by atoms with Gasteiger partial charge in [0.25, 0.3) is 5.91 Å². The van der Waals surface area contributed by atoms with Crippen LogP contribution in [0.1, 0.15) is 5.56 Å². The van der Waals surface area contributed by atoms with Crippen LogP contribution in [0, 0.1) is 0 Å². The van der Waals surface area contributed by atoms with E-state index in [0.717, 1.165) is 21.8 Å². The van der Waals surface area contributed by atoms with Gasteiger partial charge in [-0.1, -0.05) is 46.0 Å². The number of halogens is 3. The van der Waals surface area contributed by atoms with Gasteiger partial charge in [-0.2, -0.15) is 0 Å². The molecule has 0 atom stereocenters. The highest BCUT2D eigenvalue weighted by Gasteiger charge is 2.33. The van der Waals surface area contributed by atoms with Crippen LogP contribution in [0.4, 0.5) is 5.69 Å². The lowest BCUT2D eigenvalue weighted by Gasteiger charge is -2.15. The van der Waals surface area contributed by atoms with E-state index in [2.05, 4.69) is 53.1 Å². The normalized spacial score (nSPS) is 14.9. The Kier molecular flexibility index (Phi) is 8.19. The largest absolute Gasteiger partial charge is 0.493 e. The first kappa shape index (κ1) is 24.2. The monoisotopic (exact) mass is 648 g/mol. The molecule has 11 heteroatoms. The van der Waals surface area contributed by atoms with E-state index in [1.165, 1.54) is 4.90 Å². The lowest BCUT2D eigenvalue weighted by atomic mass is 10.2. The summed E-state index contributed by atoms with van der Waals surface area (Å²) in [7, 11) is 3.10. The topological polar surface area (TPSA) is 67.9 Å². The van der Waals surface area contributed by atoms with Gasteiger partial charge in [-0.25, -0.2) is 0 Å². The van der Waals surface area contributed by atoms with Gasteiger partial charge in [-0.15, -0.1) is 0 Å². The van der Waals surface area contributed by atoms with Crippen molar-refractivity contribution in [1.29, 1.82) is 0 Å². The quantitative estimate of drug-likeness (QED) is 0.314. The molecule has 0 unspecified atom stereocenters. The molecule has 1 saturated heterocycles. The maximum absolute atomic E-state index is 12.9. The summed E-state index contributed by atoms with van der Waals surface area (Å²) in [6.45, 7) is -0.192. The minimum Gasteiger partial charge on any atom is -0.493 e. The third-order valence-corrected chi connectivity index (χ3v) is 7.24. The van der Waals surface area contributed by atoms with Crippen LogP contribution in [0.3, 0.4) is 0 Å². The van der Waals surface area contributed by atoms with Crippen molar-refractivity contribution in [2.45, 2.75) is 0 Å². The number of hydrogen-bond donors (Lipinski definition) is 1. The minimum absolute atomic E-state index is 0.192. The van der Waals surface area contributed by atoms with Crippen molar-refractivity contribution in [3.8, 4) is 11.5 Å². The average Bonchev–Trinajstić information content (AvgIpc) is 2.97.